The van der Waals surface area contributed by atoms with E-state index in [0.29, 0.717) is 21.5 Å². The number of hydrogen-bond acceptors (Lipinski definition) is 5. The van der Waals surface area contributed by atoms with Crippen LogP contribution in [0.2, 0.25) is 0 Å². The molecule has 28 heavy (non-hydrogen) atoms. The van der Waals surface area contributed by atoms with E-state index < -0.39 is 17.8 Å². The summed E-state index contributed by atoms with van der Waals surface area (Å²) in [4.78, 5) is 36.2. The van der Waals surface area contributed by atoms with E-state index >= 15 is 0 Å². The van der Waals surface area contributed by atoms with Gasteiger partial charge in [0.05, 0.1) is 16.8 Å². The number of hydrogen-bond donors (Lipinski definition) is 1. The molecule has 8 heteroatoms. The summed E-state index contributed by atoms with van der Waals surface area (Å²) >= 11 is 3.36. The molecule has 1 N–H and O–H groups in total. The summed E-state index contributed by atoms with van der Waals surface area (Å²) in [5, 5.41) is 1.21. The number of ether oxygens (including phenoxy) is 2. The van der Waals surface area contributed by atoms with Crippen LogP contribution in [0.15, 0.2) is 58.6 Å². The lowest BCUT2D eigenvalue weighted by Crippen LogP contribution is -2.35. The number of anilines is 1. The lowest BCUT2D eigenvalue weighted by molar-refractivity contribution is -0.145. The molecule has 0 radical (unpaired) electrons. The van der Waals surface area contributed by atoms with Crippen molar-refractivity contribution in [2.24, 2.45) is 0 Å². The molecule has 2 amide bonds. The molecule has 1 fully saturated rings. The first-order valence-electron chi connectivity index (χ1n) is 8.49. The Morgan fingerprint density at radius 2 is 1.93 bits per heavy atom. The highest BCUT2D eigenvalue weighted by Crippen LogP contribution is 2.28. The van der Waals surface area contributed by atoms with Gasteiger partial charge in [-0.3, -0.25) is 15.0 Å². The van der Waals surface area contributed by atoms with Crippen LogP contribution in [0.3, 0.4) is 0 Å². The van der Waals surface area contributed by atoms with Crippen molar-refractivity contribution in [1.29, 1.82) is 0 Å². The number of rotatable bonds is 6. The Hall–Kier alpha value is -3.13. The highest BCUT2D eigenvalue weighted by atomic mass is 79.9. The maximum atomic E-state index is 12.6. The summed E-state index contributed by atoms with van der Waals surface area (Å²) in [6.45, 7) is 1.79. The first kappa shape index (κ1) is 19.6. The standard InChI is InChI=1S/C20H17BrN2O5/c1-2-27-18(24)12-28-17-9-8-13(11-16(17)21)10-15-19(25)22-23(20(15)26)14-6-4-3-5-7-14/h3-11H,2,12H2,1H3,(H,22,25). The van der Waals surface area contributed by atoms with Crippen molar-refractivity contribution in [3.8, 4) is 5.75 Å². The van der Waals surface area contributed by atoms with E-state index in [1.807, 2.05) is 6.07 Å². The first-order valence-corrected chi connectivity index (χ1v) is 9.29. The second-order valence-corrected chi connectivity index (χ2v) is 6.61. The molecule has 1 saturated heterocycles. The topological polar surface area (TPSA) is 84.9 Å². The minimum absolute atomic E-state index is 0.0240. The van der Waals surface area contributed by atoms with Gasteiger partial charge in [0, 0.05) is 0 Å². The van der Waals surface area contributed by atoms with Crippen LogP contribution < -0.4 is 15.2 Å². The van der Waals surface area contributed by atoms with Crippen LogP contribution in [0, 0.1) is 0 Å². The lowest BCUT2D eigenvalue weighted by Gasteiger charge is -2.13. The van der Waals surface area contributed by atoms with Crippen LogP contribution in [-0.2, 0) is 19.1 Å². The maximum absolute atomic E-state index is 12.6. The Bertz CT molecular complexity index is 943. The number of nitrogens with zero attached hydrogens (tertiary/aromatic N) is 1. The molecule has 0 spiro atoms. The Balaban J connectivity index is 1.76. The average Bonchev–Trinajstić information content (AvgIpc) is 2.96. The van der Waals surface area contributed by atoms with Crippen LogP contribution in [-0.4, -0.2) is 31.0 Å². The second kappa shape index (κ2) is 8.71. The number of carbonyl (C=O) groups is 3. The molecular weight excluding hydrogens is 428 g/mol. The van der Waals surface area contributed by atoms with Gasteiger partial charge in [-0.25, -0.2) is 9.80 Å². The molecule has 1 heterocycles. The summed E-state index contributed by atoms with van der Waals surface area (Å²) in [6, 6.07) is 13.9. The largest absolute Gasteiger partial charge is 0.481 e. The minimum Gasteiger partial charge on any atom is -0.481 e. The van der Waals surface area contributed by atoms with Gasteiger partial charge in [0.2, 0.25) is 0 Å². The predicted octanol–water partition coefficient (Wildman–Crippen LogP) is 2.85. The van der Waals surface area contributed by atoms with Crippen molar-refractivity contribution in [3.63, 3.8) is 0 Å². The summed E-state index contributed by atoms with van der Waals surface area (Å²) < 4.78 is 10.8. The van der Waals surface area contributed by atoms with Crippen LogP contribution in [0.1, 0.15) is 12.5 Å². The van der Waals surface area contributed by atoms with Gasteiger partial charge in [0.15, 0.2) is 6.61 Å². The van der Waals surface area contributed by atoms with Gasteiger partial charge in [0.25, 0.3) is 11.8 Å². The van der Waals surface area contributed by atoms with Crippen LogP contribution in [0.4, 0.5) is 5.69 Å². The van der Waals surface area contributed by atoms with E-state index in [9.17, 15) is 14.4 Å². The zero-order valence-corrected chi connectivity index (χ0v) is 16.6. The van der Waals surface area contributed by atoms with Crippen LogP contribution >= 0.6 is 15.9 Å². The molecule has 0 unspecified atom stereocenters. The normalized spacial score (nSPS) is 14.9. The average molecular weight is 445 g/mol. The molecule has 3 rings (SSSR count). The highest BCUT2D eigenvalue weighted by molar-refractivity contribution is 9.10. The number of benzene rings is 2. The first-order chi connectivity index (χ1) is 13.5. The zero-order chi connectivity index (χ0) is 20.1. The fourth-order valence-corrected chi connectivity index (χ4v) is 3.06. The molecule has 0 bridgehead atoms. The quantitative estimate of drug-likeness (QED) is 0.420. The molecule has 0 saturated carbocycles. The zero-order valence-electron chi connectivity index (χ0n) is 15.0. The molecule has 1 aliphatic rings. The second-order valence-electron chi connectivity index (χ2n) is 5.76. The number of nitrogens with one attached hydrogen (secondary N) is 1. The van der Waals surface area contributed by atoms with Crippen LogP contribution in [0.5, 0.6) is 5.75 Å². The Morgan fingerprint density at radius 3 is 2.61 bits per heavy atom. The lowest BCUT2D eigenvalue weighted by atomic mass is 10.1. The van der Waals surface area contributed by atoms with E-state index in [-0.39, 0.29) is 18.8 Å². The van der Waals surface area contributed by atoms with E-state index in [2.05, 4.69) is 21.4 Å². The van der Waals surface area contributed by atoms with E-state index in [1.54, 1.807) is 49.4 Å². The fraction of sp³-hybridized carbons (Fsp3) is 0.150. The molecule has 1 aliphatic heterocycles. The number of amides is 2. The van der Waals surface area contributed by atoms with Crippen molar-refractivity contribution in [2.75, 3.05) is 18.2 Å². The van der Waals surface area contributed by atoms with Crippen molar-refractivity contribution in [3.05, 3.63) is 64.1 Å². The summed E-state index contributed by atoms with van der Waals surface area (Å²) in [7, 11) is 0. The SMILES string of the molecule is CCOC(=O)COc1ccc(C=C2C(=O)NN(c3ccccc3)C2=O)cc1Br. The van der Waals surface area contributed by atoms with Gasteiger partial charge in [-0.05, 0) is 58.8 Å². The van der Waals surface area contributed by atoms with Crippen molar-refractivity contribution in [1.82, 2.24) is 5.43 Å². The maximum Gasteiger partial charge on any atom is 0.344 e. The molecule has 2 aromatic rings. The molecule has 0 aliphatic carbocycles. The monoisotopic (exact) mass is 444 g/mol. The predicted molar refractivity (Wildman–Crippen MR) is 106 cm³/mol. The van der Waals surface area contributed by atoms with E-state index in [0.717, 1.165) is 0 Å². The minimum atomic E-state index is -0.479. The van der Waals surface area contributed by atoms with Crippen molar-refractivity contribution in [2.45, 2.75) is 6.92 Å². The third kappa shape index (κ3) is 4.40. The molecule has 2 aromatic carbocycles. The van der Waals surface area contributed by atoms with Gasteiger partial charge < -0.3 is 9.47 Å². The molecule has 0 aromatic heterocycles. The Kier molecular flexibility index (Phi) is 6.10. The molecule has 7 nitrogen and oxygen atoms in total. The smallest absolute Gasteiger partial charge is 0.344 e. The number of halogens is 1. The van der Waals surface area contributed by atoms with Gasteiger partial charge >= 0.3 is 5.97 Å². The van der Waals surface area contributed by atoms with Gasteiger partial charge in [-0.1, -0.05) is 24.3 Å². The van der Waals surface area contributed by atoms with Crippen molar-refractivity contribution >= 4 is 45.5 Å². The van der Waals surface area contributed by atoms with Crippen LogP contribution in [0.25, 0.3) is 6.08 Å². The highest BCUT2D eigenvalue weighted by Gasteiger charge is 2.34. The van der Waals surface area contributed by atoms with Gasteiger partial charge in [-0.2, -0.15) is 0 Å². The molecule has 144 valence electrons. The number of esters is 1. The Labute approximate surface area is 170 Å². The van der Waals surface area contributed by atoms with Gasteiger partial charge in [0.1, 0.15) is 11.3 Å². The summed E-state index contributed by atoms with van der Waals surface area (Å²) in [5.74, 6) is -0.930. The molecular formula is C20H17BrN2O5. The van der Waals surface area contributed by atoms with E-state index in [1.165, 1.54) is 11.1 Å². The summed E-state index contributed by atoms with van der Waals surface area (Å²) in [6.07, 6.45) is 1.50. The summed E-state index contributed by atoms with van der Waals surface area (Å²) in [5.41, 5.74) is 3.78. The van der Waals surface area contributed by atoms with Crippen molar-refractivity contribution < 1.29 is 23.9 Å². The Morgan fingerprint density at radius 1 is 1.18 bits per heavy atom. The fourth-order valence-electron chi connectivity index (χ4n) is 2.55. The number of hydrazine groups is 1. The third-order valence-corrected chi connectivity index (χ3v) is 4.44. The van der Waals surface area contributed by atoms with E-state index in [4.69, 9.17) is 9.47 Å². The number of carbonyl (C=O) groups excluding carboxylic acids is 3. The van der Waals surface area contributed by atoms with Gasteiger partial charge in [-0.15, -0.1) is 0 Å². The third-order valence-electron chi connectivity index (χ3n) is 3.82. The molecule has 0 atom stereocenters. The number of para-hydroxylation sites is 1.